The van der Waals surface area contributed by atoms with E-state index in [9.17, 15) is 14.4 Å². The molecule has 31 heavy (non-hydrogen) atoms. The molecule has 1 aromatic heterocycles. The molecule has 162 valence electrons. The molecule has 2 aliphatic rings. The summed E-state index contributed by atoms with van der Waals surface area (Å²) in [4.78, 5) is 50.0. The van der Waals surface area contributed by atoms with Gasteiger partial charge in [0, 0.05) is 49.0 Å². The molecule has 2 aliphatic heterocycles. The third-order valence-corrected chi connectivity index (χ3v) is 5.94. The van der Waals surface area contributed by atoms with Crippen LogP contribution in [0.25, 0.3) is 0 Å². The second-order valence-electron chi connectivity index (χ2n) is 8.30. The number of anilines is 2. The predicted molar refractivity (Wildman–Crippen MR) is 116 cm³/mol. The van der Waals surface area contributed by atoms with E-state index in [0.717, 1.165) is 17.1 Å². The number of aromatic nitrogens is 2. The van der Waals surface area contributed by atoms with Crippen molar-refractivity contribution in [1.82, 2.24) is 14.9 Å². The number of likely N-dealkylation sites (tertiary alicyclic amines) is 1. The maximum atomic E-state index is 13.0. The molecule has 4 rings (SSSR count). The van der Waals surface area contributed by atoms with E-state index < -0.39 is 0 Å². The van der Waals surface area contributed by atoms with E-state index in [0.29, 0.717) is 38.4 Å². The van der Waals surface area contributed by atoms with Gasteiger partial charge < -0.3 is 9.80 Å². The number of amides is 3. The topological polar surface area (TPSA) is 95.5 Å². The first-order chi connectivity index (χ1) is 14.9. The van der Waals surface area contributed by atoms with Gasteiger partial charge in [-0.2, -0.15) is 0 Å². The maximum Gasteiger partial charge on any atom is 0.229 e. The van der Waals surface area contributed by atoms with Crippen LogP contribution in [0.4, 0.5) is 11.6 Å². The van der Waals surface area contributed by atoms with Crippen molar-refractivity contribution in [3.63, 3.8) is 0 Å². The number of hydrogen-bond acceptors (Lipinski definition) is 5. The van der Waals surface area contributed by atoms with Crippen molar-refractivity contribution in [1.29, 1.82) is 0 Å². The Morgan fingerprint density at radius 3 is 2.29 bits per heavy atom. The van der Waals surface area contributed by atoms with Crippen molar-refractivity contribution in [3.05, 3.63) is 47.8 Å². The minimum absolute atomic E-state index is 0.00304. The maximum absolute atomic E-state index is 13.0. The van der Waals surface area contributed by atoms with Crippen LogP contribution in [0.1, 0.15) is 30.7 Å². The molecule has 1 atom stereocenters. The van der Waals surface area contributed by atoms with E-state index in [1.165, 1.54) is 0 Å². The standard InChI is InChI=1S/C23H27N5O3/c1-15-12-16(2)25-23(24-15)26-21(30)17-8-10-27(11-9-17)22(31)18-13-20(29)28(14-18)19-6-4-3-5-7-19/h3-7,12,17-18H,8-11,13-14H2,1-2H3,(H,24,25,26,30). The van der Waals surface area contributed by atoms with Gasteiger partial charge >= 0.3 is 0 Å². The summed E-state index contributed by atoms with van der Waals surface area (Å²) in [5.41, 5.74) is 2.43. The number of benzene rings is 1. The average molecular weight is 422 g/mol. The largest absolute Gasteiger partial charge is 0.342 e. The molecule has 8 nitrogen and oxygen atoms in total. The van der Waals surface area contributed by atoms with Crippen LogP contribution < -0.4 is 10.2 Å². The molecule has 1 N–H and O–H groups in total. The quantitative estimate of drug-likeness (QED) is 0.817. The molecule has 8 heteroatoms. The number of nitrogens with one attached hydrogen (secondary N) is 1. The van der Waals surface area contributed by atoms with Gasteiger partial charge in [0.25, 0.3) is 0 Å². The molecule has 3 heterocycles. The van der Waals surface area contributed by atoms with E-state index in [2.05, 4.69) is 15.3 Å². The lowest BCUT2D eigenvalue weighted by atomic mass is 9.94. The second-order valence-corrected chi connectivity index (χ2v) is 8.30. The van der Waals surface area contributed by atoms with Crippen LogP contribution >= 0.6 is 0 Å². The highest BCUT2D eigenvalue weighted by Crippen LogP contribution is 2.28. The van der Waals surface area contributed by atoms with Crippen LogP contribution in [0.15, 0.2) is 36.4 Å². The average Bonchev–Trinajstić information content (AvgIpc) is 3.15. The minimum atomic E-state index is -0.332. The Bertz CT molecular complexity index is 966. The van der Waals surface area contributed by atoms with Crippen molar-refractivity contribution in [2.45, 2.75) is 33.1 Å². The predicted octanol–water partition coefficient (Wildman–Crippen LogP) is 2.32. The zero-order chi connectivity index (χ0) is 22.0. The molecule has 0 saturated carbocycles. The van der Waals surface area contributed by atoms with Crippen molar-refractivity contribution < 1.29 is 14.4 Å². The number of aryl methyl sites for hydroxylation is 2. The molecule has 2 saturated heterocycles. The Morgan fingerprint density at radius 2 is 1.65 bits per heavy atom. The highest BCUT2D eigenvalue weighted by molar-refractivity contribution is 6.00. The van der Waals surface area contributed by atoms with E-state index in [4.69, 9.17) is 0 Å². The Kier molecular flexibility index (Phi) is 5.97. The number of para-hydroxylation sites is 1. The molecule has 0 bridgehead atoms. The van der Waals surface area contributed by atoms with Gasteiger partial charge in [-0.15, -0.1) is 0 Å². The van der Waals surface area contributed by atoms with E-state index in [1.807, 2.05) is 50.2 Å². The van der Waals surface area contributed by atoms with Gasteiger partial charge in [-0.3, -0.25) is 19.7 Å². The van der Waals surface area contributed by atoms with Gasteiger partial charge in [0.15, 0.2) is 0 Å². The summed E-state index contributed by atoms with van der Waals surface area (Å²) in [5, 5.41) is 2.81. The summed E-state index contributed by atoms with van der Waals surface area (Å²) in [6.07, 6.45) is 1.41. The Hall–Kier alpha value is -3.29. The molecule has 2 aromatic rings. The summed E-state index contributed by atoms with van der Waals surface area (Å²) in [7, 11) is 0. The molecule has 3 amide bonds. The van der Waals surface area contributed by atoms with Gasteiger partial charge in [-0.1, -0.05) is 18.2 Å². The number of piperidine rings is 1. The zero-order valence-corrected chi connectivity index (χ0v) is 17.9. The Labute approximate surface area is 181 Å². The molecule has 2 fully saturated rings. The van der Waals surface area contributed by atoms with Gasteiger partial charge in [0.1, 0.15) is 0 Å². The first kappa shape index (κ1) is 21.0. The van der Waals surface area contributed by atoms with Gasteiger partial charge in [-0.05, 0) is 44.9 Å². The summed E-state index contributed by atoms with van der Waals surface area (Å²) in [6, 6.07) is 11.3. The molecular formula is C23H27N5O3. The van der Waals surface area contributed by atoms with Crippen LogP contribution in [0, 0.1) is 25.7 Å². The fraction of sp³-hybridized carbons (Fsp3) is 0.435. The third kappa shape index (κ3) is 4.73. The third-order valence-electron chi connectivity index (χ3n) is 5.94. The highest BCUT2D eigenvalue weighted by atomic mass is 16.2. The number of hydrogen-bond donors (Lipinski definition) is 1. The summed E-state index contributed by atoms with van der Waals surface area (Å²) in [6.45, 7) is 5.16. The van der Waals surface area contributed by atoms with Crippen LogP contribution in [0.2, 0.25) is 0 Å². The molecule has 0 radical (unpaired) electrons. The van der Waals surface area contributed by atoms with Gasteiger partial charge in [0.05, 0.1) is 5.92 Å². The zero-order valence-electron chi connectivity index (χ0n) is 17.9. The van der Waals surface area contributed by atoms with E-state index in [-0.39, 0.29) is 36.0 Å². The van der Waals surface area contributed by atoms with Crippen LogP contribution in [-0.4, -0.2) is 52.2 Å². The van der Waals surface area contributed by atoms with Crippen LogP contribution in [0.5, 0.6) is 0 Å². The number of carbonyl (C=O) groups excluding carboxylic acids is 3. The van der Waals surface area contributed by atoms with Crippen LogP contribution in [0.3, 0.4) is 0 Å². The monoisotopic (exact) mass is 421 g/mol. The van der Waals surface area contributed by atoms with Gasteiger partial charge in [-0.25, -0.2) is 9.97 Å². The Balaban J connectivity index is 1.31. The minimum Gasteiger partial charge on any atom is -0.342 e. The molecule has 1 unspecified atom stereocenters. The summed E-state index contributed by atoms with van der Waals surface area (Å²) >= 11 is 0. The lowest BCUT2D eigenvalue weighted by Gasteiger charge is -2.32. The van der Waals surface area contributed by atoms with Gasteiger partial charge in [0.2, 0.25) is 23.7 Å². The highest BCUT2D eigenvalue weighted by Gasteiger charge is 2.38. The SMILES string of the molecule is Cc1cc(C)nc(NC(=O)C2CCN(C(=O)C3CC(=O)N(c4ccccc4)C3)CC2)n1. The normalized spacial score (nSPS) is 19.5. The smallest absolute Gasteiger partial charge is 0.229 e. The lowest BCUT2D eigenvalue weighted by Crippen LogP contribution is -2.44. The first-order valence-electron chi connectivity index (χ1n) is 10.7. The van der Waals surface area contributed by atoms with Crippen molar-refractivity contribution >= 4 is 29.4 Å². The number of rotatable bonds is 4. The fourth-order valence-corrected chi connectivity index (χ4v) is 4.34. The van der Waals surface area contributed by atoms with Crippen molar-refractivity contribution in [2.24, 2.45) is 11.8 Å². The van der Waals surface area contributed by atoms with E-state index in [1.54, 1.807) is 9.80 Å². The van der Waals surface area contributed by atoms with Crippen molar-refractivity contribution in [2.75, 3.05) is 29.9 Å². The number of nitrogens with zero attached hydrogens (tertiary/aromatic N) is 4. The van der Waals surface area contributed by atoms with E-state index >= 15 is 0 Å². The van der Waals surface area contributed by atoms with Crippen LogP contribution in [-0.2, 0) is 14.4 Å². The first-order valence-corrected chi connectivity index (χ1v) is 10.7. The Morgan fingerprint density at radius 1 is 1.00 bits per heavy atom. The summed E-state index contributed by atoms with van der Waals surface area (Å²) in [5.74, 6) is -0.313. The fourth-order valence-electron chi connectivity index (χ4n) is 4.34. The lowest BCUT2D eigenvalue weighted by molar-refractivity contribution is -0.138. The molecular weight excluding hydrogens is 394 g/mol. The van der Waals surface area contributed by atoms with Crippen molar-refractivity contribution in [3.8, 4) is 0 Å². The molecule has 0 spiro atoms. The summed E-state index contributed by atoms with van der Waals surface area (Å²) < 4.78 is 0. The molecule has 1 aromatic carbocycles. The number of carbonyl (C=O) groups is 3. The molecule has 0 aliphatic carbocycles. The second kappa shape index (κ2) is 8.83.